The lowest BCUT2D eigenvalue weighted by Gasteiger charge is -2.26. The minimum atomic E-state index is -3.64. The first kappa shape index (κ1) is 23.2. The molecular weight excluding hydrogens is 406 g/mol. The molecule has 3 rings (SSSR count). The number of anilines is 2. The summed E-state index contributed by atoms with van der Waals surface area (Å²) in [5.74, 6) is 0. The number of benzene rings is 1. The lowest BCUT2D eigenvalue weighted by atomic mass is 10.2. The molecule has 2 saturated heterocycles. The van der Waals surface area contributed by atoms with Crippen molar-refractivity contribution in [1.29, 1.82) is 0 Å². The number of hydrogen-bond acceptors (Lipinski definition) is 8. The minimum absolute atomic E-state index is 0.209. The maximum absolute atomic E-state index is 12.9. The topological polar surface area (TPSA) is 109 Å². The van der Waals surface area contributed by atoms with E-state index in [0.717, 1.165) is 78.5 Å². The standard InChI is InChI=1S/C20H35N5O4S/c21-18-3-4-19(22-5-1-7-24-9-13-28-14-10-24)20(17-18)30(26,27)23-6-2-8-25-11-15-29-16-12-25/h3-4,17,22-23H,1-2,5-16,21H2. The van der Waals surface area contributed by atoms with Crippen molar-refractivity contribution in [2.24, 2.45) is 0 Å². The molecule has 30 heavy (non-hydrogen) atoms. The van der Waals surface area contributed by atoms with Crippen LogP contribution in [0, 0.1) is 0 Å². The largest absolute Gasteiger partial charge is 0.399 e. The van der Waals surface area contributed by atoms with Crippen LogP contribution in [-0.4, -0.2) is 97.0 Å². The van der Waals surface area contributed by atoms with Gasteiger partial charge in [-0.1, -0.05) is 0 Å². The fraction of sp³-hybridized carbons (Fsp3) is 0.700. The fourth-order valence-electron chi connectivity index (χ4n) is 3.67. The molecule has 10 heteroatoms. The van der Waals surface area contributed by atoms with Gasteiger partial charge in [0.1, 0.15) is 4.90 Å². The van der Waals surface area contributed by atoms with Gasteiger partial charge in [0.15, 0.2) is 0 Å². The Hall–Kier alpha value is -1.43. The molecule has 9 nitrogen and oxygen atoms in total. The summed E-state index contributed by atoms with van der Waals surface area (Å²) in [6.45, 7) is 9.68. The van der Waals surface area contributed by atoms with Gasteiger partial charge in [-0.3, -0.25) is 9.80 Å². The van der Waals surface area contributed by atoms with Gasteiger partial charge in [0.25, 0.3) is 0 Å². The van der Waals surface area contributed by atoms with Crippen LogP contribution in [0.4, 0.5) is 11.4 Å². The third-order valence-electron chi connectivity index (χ3n) is 5.41. The van der Waals surface area contributed by atoms with E-state index in [1.54, 1.807) is 12.1 Å². The van der Waals surface area contributed by atoms with E-state index in [-0.39, 0.29) is 4.90 Å². The van der Waals surface area contributed by atoms with E-state index >= 15 is 0 Å². The molecular formula is C20H35N5O4S. The third kappa shape index (κ3) is 7.36. The number of sulfonamides is 1. The molecule has 1 aromatic rings. The number of rotatable bonds is 11. The van der Waals surface area contributed by atoms with Gasteiger partial charge in [-0.25, -0.2) is 13.1 Å². The predicted octanol–water partition coefficient (Wildman–Crippen LogP) is 0.404. The van der Waals surface area contributed by atoms with Crippen molar-refractivity contribution >= 4 is 21.4 Å². The van der Waals surface area contributed by atoms with Gasteiger partial charge in [-0.15, -0.1) is 0 Å². The Labute approximate surface area is 179 Å². The van der Waals surface area contributed by atoms with E-state index < -0.39 is 10.0 Å². The molecule has 4 N–H and O–H groups in total. The molecule has 0 saturated carbocycles. The molecule has 0 spiro atoms. The highest BCUT2D eigenvalue weighted by molar-refractivity contribution is 7.89. The van der Waals surface area contributed by atoms with E-state index in [1.807, 2.05) is 0 Å². The highest BCUT2D eigenvalue weighted by atomic mass is 32.2. The second kappa shape index (κ2) is 11.8. The van der Waals surface area contributed by atoms with Crippen molar-refractivity contribution in [2.45, 2.75) is 17.7 Å². The highest BCUT2D eigenvalue weighted by Gasteiger charge is 2.19. The van der Waals surface area contributed by atoms with Crippen LogP contribution in [0.25, 0.3) is 0 Å². The Morgan fingerprint density at radius 1 is 0.900 bits per heavy atom. The van der Waals surface area contributed by atoms with E-state index in [2.05, 4.69) is 19.8 Å². The van der Waals surface area contributed by atoms with Crippen molar-refractivity contribution in [2.75, 3.05) is 89.8 Å². The summed E-state index contributed by atoms with van der Waals surface area (Å²) in [7, 11) is -3.64. The molecule has 2 aliphatic rings. The Kier molecular flexibility index (Phi) is 9.16. The molecule has 0 atom stereocenters. The van der Waals surface area contributed by atoms with Gasteiger partial charge in [0.2, 0.25) is 10.0 Å². The zero-order valence-electron chi connectivity index (χ0n) is 17.6. The van der Waals surface area contributed by atoms with Gasteiger partial charge >= 0.3 is 0 Å². The van der Waals surface area contributed by atoms with Crippen molar-refractivity contribution in [3.8, 4) is 0 Å². The number of nitrogens with two attached hydrogens (primary N) is 1. The normalized spacial score (nSPS) is 19.1. The molecule has 2 heterocycles. The number of ether oxygens (including phenoxy) is 2. The molecule has 0 bridgehead atoms. The van der Waals surface area contributed by atoms with Crippen LogP contribution < -0.4 is 15.8 Å². The first-order chi connectivity index (χ1) is 14.5. The third-order valence-corrected chi connectivity index (χ3v) is 6.91. The molecule has 0 aliphatic carbocycles. The molecule has 170 valence electrons. The Balaban J connectivity index is 1.48. The van der Waals surface area contributed by atoms with Crippen molar-refractivity contribution in [3.63, 3.8) is 0 Å². The highest BCUT2D eigenvalue weighted by Crippen LogP contribution is 2.24. The summed E-state index contributed by atoms with van der Waals surface area (Å²) in [5, 5.41) is 3.27. The van der Waals surface area contributed by atoms with Crippen LogP contribution in [-0.2, 0) is 19.5 Å². The Morgan fingerprint density at radius 2 is 1.47 bits per heavy atom. The van der Waals surface area contributed by atoms with Gasteiger partial charge in [-0.05, 0) is 44.1 Å². The second-order valence-electron chi connectivity index (χ2n) is 7.70. The lowest BCUT2D eigenvalue weighted by molar-refractivity contribution is 0.0376. The molecule has 0 amide bonds. The average molecular weight is 442 g/mol. The van der Waals surface area contributed by atoms with Crippen LogP contribution in [0.1, 0.15) is 12.8 Å². The quantitative estimate of drug-likeness (QED) is 0.335. The maximum Gasteiger partial charge on any atom is 0.242 e. The summed E-state index contributed by atoms with van der Waals surface area (Å²) in [4.78, 5) is 4.86. The zero-order valence-corrected chi connectivity index (χ0v) is 18.5. The monoisotopic (exact) mass is 441 g/mol. The zero-order chi connectivity index (χ0) is 21.2. The lowest BCUT2D eigenvalue weighted by Crippen LogP contribution is -2.38. The molecule has 2 aliphatic heterocycles. The Morgan fingerprint density at radius 3 is 2.07 bits per heavy atom. The summed E-state index contributed by atoms with van der Waals surface area (Å²) >= 11 is 0. The van der Waals surface area contributed by atoms with Crippen molar-refractivity contribution in [3.05, 3.63) is 18.2 Å². The summed E-state index contributed by atoms with van der Waals surface area (Å²) in [5.41, 5.74) is 6.89. The molecule has 0 aromatic heterocycles. The van der Waals surface area contributed by atoms with Gasteiger partial charge in [-0.2, -0.15) is 0 Å². The SMILES string of the molecule is Nc1ccc(NCCCN2CCOCC2)c(S(=O)(=O)NCCCN2CCOCC2)c1. The fourth-order valence-corrected chi connectivity index (χ4v) is 4.96. The van der Waals surface area contributed by atoms with Crippen molar-refractivity contribution in [1.82, 2.24) is 14.5 Å². The number of nitrogens with one attached hydrogen (secondary N) is 2. The van der Waals surface area contributed by atoms with Crippen molar-refractivity contribution < 1.29 is 17.9 Å². The van der Waals surface area contributed by atoms with E-state index in [9.17, 15) is 8.42 Å². The first-order valence-corrected chi connectivity index (χ1v) is 12.3. The van der Waals surface area contributed by atoms with E-state index in [4.69, 9.17) is 15.2 Å². The number of morpholine rings is 2. The smallest absolute Gasteiger partial charge is 0.242 e. The van der Waals surface area contributed by atoms with Gasteiger partial charge in [0.05, 0.1) is 32.1 Å². The summed E-state index contributed by atoms with van der Waals surface area (Å²) in [6.07, 6.45) is 1.68. The number of nitrogens with zero attached hydrogens (tertiary/aromatic N) is 2. The number of nitrogen functional groups attached to an aromatic ring is 1. The van der Waals surface area contributed by atoms with E-state index in [0.29, 0.717) is 24.5 Å². The first-order valence-electron chi connectivity index (χ1n) is 10.8. The van der Waals surface area contributed by atoms with Gasteiger partial charge < -0.3 is 20.5 Å². The molecule has 2 fully saturated rings. The average Bonchev–Trinajstić information content (AvgIpc) is 2.76. The van der Waals surface area contributed by atoms with Crippen LogP contribution in [0.15, 0.2) is 23.1 Å². The summed E-state index contributed by atoms with van der Waals surface area (Å²) in [6, 6.07) is 4.99. The van der Waals surface area contributed by atoms with E-state index in [1.165, 1.54) is 6.07 Å². The maximum atomic E-state index is 12.9. The molecule has 0 radical (unpaired) electrons. The van der Waals surface area contributed by atoms with Crippen LogP contribution in [0.2, 0.25) is 0 Å². The predicted molar refractivity (Wildman–Crippen MR) is 118 cm³/mol. The minimum Gasteiger partial charge on any atom is -0.399 e. The van der Waals surface area contributed by atoms with Crippen LogP contribution in [0.3, 0.4) is 0 Å². The van der Waals surface area contributed by atoms with Crippen LogP contribution in [0.5, 0.6) is 0 Å². The molecule has 0 unspecified atom stereocenters. The molecule has 1 aromatic carbocycles. The number of hydrogen-bond donors (Lipinski definition) is 3. The van der Waals surface area contributed by atoms with Gasteiger partial charge in [0, 0.05) is 45.0 Å². The summed E-state index contributed by atoms with van der Waals surface area (Å²) < 4.78 is 39.2. The van der Waals surface area contributed by atoms with Crippen LogP contribution >= 0.6 is 0 Å². The Bertz CT molecular complexity index is 750. The second-order valence-corrected chi connectivity index (χ2v) is 9.43.